The fraction of sp³-hybridized carbons (Fsp3) is 0.538. The highest BCUT2D eigenvalue weighted by atomic mass is 35.5. The monoisotopic (exact) mass is 224 g/mol. The minimum atomic E-state index is -0.343. The van der Waals surface area contributed by atoms with E-state index >= 15 is 0 Å². The largest absolute Gasteiger partial charge is 0.388 e. The third kappa shape index (κ3) is 2.73. The summed E-state index contributed by atoms with van der Waals surface area (Å²) in [7, 11) is 0. The Balaban J connectivity index is 2.02. The molecule has 0 aliphatic heterocycles. The van der Waals surface area contributed by atoms with Gasteiger partial charge in [-0.15, -0.1) is 0 Å². The maximum absolute atomic E-state index is 10.0. The molecule has 2 rings (SSSR count). The van der Waals surface area contributed by atoms with Crippen LogP contribution in [0.25, 0.3) is 0 Å². The lowest BCUT2D eigenvalue weighted by molar-refractivity contribution is 0.161. The molecule has 0 amide bonds. The standard InChI is InChI=1S/C13H17ClO/c1-9-11(3-2-4-12(9)14)13(15)8-7-10-5-6-10/h2-4,10,13,15H,5-8H2,1H3. The van der Waals surface area contributed by atoms with E-state index in [9.17, 15) is 5.11 Å². The van der Waals surface area contributed by atoms with E-state index in [1.807, 2.05) is 25.1 Å². The highest BCUT2D eigenvalue weighted by Gasteiger charge is 2.22. The maximum atomic E-state index is 10.0. The molecule has 1 fully saturated rings. The molecule has 1 unspecified atom stereocenters. The molecular formula is C13H17ClO. The summed E-state index contributed by atoms with van der Waals surface area (Å²) in [5.41, 5.74) is 2.01. The van der Waals surface area contributed by atoms with E-state index in [0.29, 0.717) is 0 Å². The van der Waals surface area contributed by atoms with Gasteiger partial charge in [0, 0.05) is 5.02 Å². The molecule has 1 aliphatic carbocycles. The predicted molar refractivity (Wildman–Crippen MR) is 63.1 cm³/mol. The third-order valence-electron chi connectivity index (χ3n) is 3.21. The van der Waals surface area contributed by atoms with Gasteiger partial charge in [-0.3, -0.25) is 0 Å². The van der Waals surface area contributed by atoms with Crippen LogP contribution in [0.2, 0.25) is 5.02 Å². The summed E-state index contributed by atoms with van der Waals surface area (Å²) < 4.78 is 0. The molecule has 82 valence electrons. The number of aliphatic hydroxyl groups excluding tert-OH is 1. The molecule has 1 N–H and O–H groups in total. The second-order valence-electron chi connectivity index (χ2n) is 4.49. The SMILES string of the molecule is Cc1c(Cl)cccc1C(O)CCC1CC1. The van der Waals surface area contributed by atoms with Gasteiger partial charge in [0.05, 0.1) is 6.10 Å². The smallest absolute Gasteiger partial charge is 0.0793 e. The Kier molecular flexibility index (Phi) is 3.32. The van der Waals surface area contributed by atoms with Gasteiger partial charge >= 0.3 is 0 Å². The molecule has 0 radical (unpaired) electrons. The first-order valence-electron chi connectivity index (χ1n) is 5.61. The van der Waals surface area contributed by atoms with Crippen LogP contribution in [-0.2, 0) is 0 Å². The summed E-state index contributed by atoms with van der Waals surface area (Å²) in [5.74, 6) is 0.874. The normalized spacial score (nSPS) is 17.8. The van der Waals surface area contributed by atoms with E-state index in [1.54, 1.807) is 0 Å². The van der Waals surface area contributed by atoms with Crippen molar-refractivity contribution in [1.29, 1.82) is 0 Å². The van der Waals surface area contributed by atoms with E-state index in [4.69, 9.17) is 11.6 Å². The summed E-state index contributed by atoms with van der Waals surface area (Å²) in [6.07, 6.45) is 4.37. The van der Waals surface area contributed by atoms with Gasteiger partial charge in [-0.05, 0) is 42.9 Å². The van der Waals surface area contributed by atoms with Gasteiger partial charge in [0.1, 0.15) is 0 Å². The molecule has 0 bridgehead atoms. The van der Waals surface area contributed by atoms with Crippen LogP contribution >= 0.6 is 11.6 Å². The average Bonchev–Trinajstić information content (AvgIpc) is 3.02. The van der Waals surface area contributed by atoms with Crippen molar-refractivity contribution in [3.05, 3.63) is 34.3 Å². The highest BCUT2D eigenvalue weighted by molar-refractivity contribution is 6.31. The molecule has 0 aromatic heterocycles. The van der Waals surface area contributed by atoms with Crippen LogP contribution in [-0.4, -0.2) is 5.11 Å². The first-order chi connectivity index (χ1) is 7.18. The van der Waals surface area contributed by atoms with E-state index in [2.05, 4.69) is 0 Å². The molecule has 1 aromatic carbocycles. The van der Waals surface area contributed by atoms with Crippen molar-refractivity contribution in [3.8, 4) is 0 Å². The number of aliphatic hydroxyl groups is 1. The second-order valence-corrected chi connectivity index (χ2v) is 4.90. The van der Waals surface area contributed by atoms with Crippen molar-refractivity contribution in [1.82, 2.24) is 0 Å². The molecule has 1 aromatic rings. The number of hydrogen-bond donors (Lipinski definition) is 1. The summed E-state index contributed by atoms with van der Waals surface area (Å²) >= 11 is 6.02. The molecule has 1 saturated carbocycles. The summed E-state index contributed by atoms with van der Waals surface area (Å²) in [6, 6.07) is 5.75. The van der Waals surface area contributed by atoms with Crippen LogP contribution in [0.3, 0.4) is 0 Å². The van der Waals surface area contributed by atoms with Gasteiger partial charge in [-0.2, -0.15) is 0 Å². The Morgan fingerprint density at radius 2 is 2.20 bits per heavy atom. The van der Waals surface area contributed by atoms with Crippen LogP contribution < -0.4 is 0 Å². The van der Waals surface area contributed by atoms with Crippen LogP contribution in [0.5, 0.6) is 0 Å². The van der Waals surface area contributed by atoms with E-state index in [1.165, 1.54) is 12.8 Å². The highest BCUT2D eigenvalue weighted by Crippen LogP contribution is 2.36. The molecule has 1 nitrogen and oxygen atoms in total. The molecule has 15 heavy (non-hydrogen) atoms. The minimum Gasteiger partial charge on any atom is -0.388 e. The topological polar surface area (TPSA) is 20.2 Å². The zero-order chi connectivity index (χ0) is 10.8. The molecule has 0 spiro atoms. The van der Waals surface area contributed by atoms with Crippen molar-refractivity contribution in [2.45, 2.75) is 38.7 Å². The summed E-state index contributed by atoms with van der Waals surface area (Å²) in [4.78, 5) is 0. The Morgan fingerprint density at radius 3 is 2.87 bits per heavy atom. The Hall–Kier alpha value is -0.530. The fourth-order valence-corrected chi connectivity index (χ4v) is 2.12. The summed E-state index contributed by atoms with van der Waals surface area (Å²) in [6.45, 7) is 1.97. The number of rotatable bonds is 4. The number of hydrogen-bond acceptors (Lipinski definition) is 1. The predicted octanol–water partition coefficient (Wildman–Crippen LogP) is 3.87. The Labute approximate surface area is 96.1 Å². The van der Waals surface area contributed by atoms with Gasteiger partial charge in [0.15, 0.2) is 0 Å². The number of halogens is 1. The summed E-state index contributed by atoms with van der Waals surface area (Å²) in [5, 5.41) is 10.8. The first kappa shape index (κ1) is 11.0. The van der Waals surface area contributed by atoms with E-state index in [-0.39, 0.29) is 6.10 Å². The van der Waals surface area contributed by atoms with Crippen LogP contribution in [0, 0.1) is 12.8 Å². The molecule has 1 atom stereocenters. The first-order valence-corrected chi connectivity index (χ1v) is 5.99. The zero-order valence-electron chi connectivity index (χ0n) is 9.04. The van der Waals surface area contributed by atoms with Gasteiger partial charge in [0.2, 0.25) is 0 Å². The maximum Gasteiger partial charge on any atom is 0.0793 e. The van der Waals surface area contributed by atoms with Gasteiger partial charge in [-0.1, -0.05) is 36.6 Å². The second kappa shape index (κ2) is 4.54. The molecule has 1 aliphatic rings. The van der Waals surface area contributed by atoms with Crippen LogP contribution in [0.1, 0.15) is 42.9 Å². The quantitative estimate of drug-likeness (QED) is 0.823. The fourth-order valence-electron chi connectivity index (χ4n) is 1.94. The third-order valence-corrected chi connectivity index (χ3v) is 3.62. The van der Waals surface area contributed by atoms with Crippen LogP contribution in [0.15, 0.2) is 18.2 Å². The van der Waals surface area contributed by atoms with Gasteiger partial charge in [-0.25, -0.2) is 0 Å². The van der Waals surface area contributed by atoms with Crippen molar-refractivity contribution in [2.24, 2.45) is 5.92 Å². The minimum absolute atomic E-state index is 0.343. The molecule has 2 heteroatoms. The lowest BCUT2D eigenvalue weighted by Gasteiger charge is -2.14. The van der Waals surface area contributed by atoms with E-state index in [0.717, 1.165) is 34.9 Å². The van der Waals surface area contributed by atoms with E-state index < -0.39 is 0 Å². The Morgan fingerprint density at radius 1 is 1.47 bits per heavy atom. The number of benzene rings is 1. The van der Waals surface area contributed by atoms with Crippen molar-refractivity contribution < 1.29 is 5.11 Å². The van der Waals surface area contributed by atoms with Crippen molar-refractivity contribution in [3.63, 3.8) is 0 Å². The van der Waals surface area contributed by atoms with Gasteiger partial charge in [0.25, 0.3) is 0 Å². The van der Waals surface area contributed by atoms with Crippen molar-refractivity contribution in [2.75, 3.05) is 0 Å². The lowest BCUT2D eigenvalue weighted by atomic mass is 9.99. The van der Waals surface area contributed by atoms with Crippen LogP contribution in [0.4, 0.5) is 0 Å². The average molecular weight is 225 g/mol. The zero-order valence-corrected chi connectivity index (χ0v) is 9.80. The lowest BCUT2D eigenvalue weighted by Crippen LogP contribution is -2.00. The van der Waals surface area contributed by atoms with Crippen molar-refractivity contribution >= 4 is 11.6 Å². The molecule has 0 saturated heterocycles. The molecular weight excluding hydrogens is 208 g/mol. The molecule has 0 heterocycles. The van der Waals surface area contributed by atoms with Gasteiger partial charge < -0.3 is 5.11 Å². The Bertz CT molecular complexity index is 344.